The Morgan fingerprint density at radius 3 is 2.94 bits per heavy atom. The Morgan fingerprint density at radius 2 is 2.12 bits per heavy atom. The Morgan fingerprint density at radius 1 is 1.27 bits per heavy atom. The number of pyridine rings is 1. The van der Waals surface area contributed by atoms with Crippen LogP contribution in [0, 0.1) is 0 Å². The number of nitrogens with two attached hydrogens (primary N) is 1. The number of benzene rings is 1. The molecular weight excluding hydrogens is 418 g/mol. The van der Waals surface area contributed by atoms with Gasteiger partial charge in [-0.2, -0.15) is 5.10 Å². The minimum Gasteiger partial charge on any atom is -0.497 e. The Labute approximate surface area is 192 Å². The van der Waals surface area contributed by atoms with Gasteiger partial charge < -0.3 is 24.9 Å². The van der Waals surface area contributed by atoms with Crippen molar-refractivity contribution in [3.05, 3.63) is 54.7 Å². The summed E-state index contributed by atoms with van der Waals surface area (Å²) < 4.78 is 19.6. The molecule has 33 heavy (non-hydrogen) atoms. The Kier molecular flexibility index (Phi) is 5.92. The molecule has 1 unspecified atom stereocenters. The van der Waals surface area contributed by atoms with E-state index in [4.69, 9.17) is 19.6 Å². The highest BCUT2D eigenvalue weighted by Crippen LogP contribution is 2.38. The number of aromatic nitrogens is 3. The van der Waals surface area contributed by atoms with E-state index in [9.17, 15) is 0 Å². The third kappa shape index (κ3) is 4.39. The summed E-state index contributed by atoms with van der Waals surface area (Å²) in [5, 5.41) is 8.87. The number of hydrogen-bond donors (Lipinski definition) is 2. The number of methoxy groups -OCH3 is 1. The van der Waals surface area contributed by atoms with Crippen LogP contribution in [0.15, 0.2) is 53.5 Å². The molecule has 8 heteroatoms. The first kappa shape index (κ1) is 21.3. The van der Waals surface area contributed by atoms with Crippen molar-refractivity contribution in [3.8, 4) is 22.6 Å². The van der Waals surface area contributed by atoms with Crippen LogP contribution in [-0.4, -0.2) is 41.1 Å². The van der Waals surface area contributed by atoms with E-state index < -0.39 is 0 Å². The van der Waals surface area contributed by atoms with Crippen LogP contribution < -0.4 is 20.5 Å². The molecule has 8 nitrogen and oxygen atoms in total. The molecule has 3 aromatic heterocycles. The zero-order valence-electron chi connectivity index (χ0n) is 19.0. The van der Waals surface area contributed by atoms with Crippen LogP contribution in [0.3, 0.4) is 0 Å². The maximum absolute atomic E-state index is 6.24. The van der Waals surface area contributed by atoms with Crippen molar-refractivity contribution >= 4 is 16.8 Å². The molecule has 0 spiro atoms. The highest BCUT2D eigenvalue weighted by molar-refractivity contribution is 5.97. The predicted molar refractivity (Wildman–Crippen MR) is 128 cm³/mol. The van der Waals surface area contributed by atoms with Gasteiger partial charge in [-0.3, -0.25) is 4.68 Å². The number of hydrogen-bond acceptors (Lipinski definition) is 7. The first-order valence-corrected chi connectivity index (χ1v) is 11.3. The first-order valence-electron chi connectivity index (χ1n) is 11.3. The molecule has 4 heterocycles. The second-order valence-electron chi connectivity index (χ2n) is 8.54. The number of furan rings is 1. The molecule has 1 fully saturated rings. The summed E-state index contributed by atoms with van der Waals surface area (Å²) >= 11 is 0. The lowest BCUT2D eigenvalue weighted by atomic mass is 10.1. The van der Waals surface area contributed by atoms with Crippen LogP contribution in [0.5, 0.6) is 11.5 Å². The van der Waals surface area contributed by atoms with Gasteiger partial charge in [-0.15, -0.1) is 0 Å². The quantitative estimate of drug-likeness (QED) is 0.437. The summed E-state index contributed by atoms with van der Waals surface area (Å²) in [4.78, 5) is 4.39. The number of nitrogens with one attached hydrogen (secondary N) is 1. The summed E-state index contributed by atoms with van der Waals surface area (Å²) in [6.45, 7) is 4.04. The van der Waals surface area contributed by atoms with Gasteiger partial charge in [0, 0.05) is 29.9 Å². The molecule has 1 aliphatic rings. The number of anilines is 1. The molecule has 172 valence electrons. The molecule has 0 radical (unpaired) electrons. The first-order chi connectivity index (χ1) is 16.1. The van der Waals surface area contributed by atoms with Gasteiger partial charge in [0.05, 0.1) is 24.7 Å². The van der Waals surface area contributed by atoms with E-state index in [1.54, 1.807) is 19.6 Å². The molecule has 0 amide bonds. The zero-order chi connectivity index (χ0) is 22.8. The minimum atomic E-state index is -0.136. The second-order valence-corrected chi connectivity index (χ2v) is 8.54. The summed E-state index contributed by atoms with van der Waals surface area (Å²) in [7, 11) is 1.66. The zero-order valence-corrected chi connectivity index (χ0v) is 19.0. The fourth-order valence-electron chi connectivity index (χ4n) is 4.44. The lowest BCUT2D eigenvalue weighted by Gasteiger charge is -2.22. The smallest absolute Gasteiger partial charge is 0.205 e. The van der Waals surface area contributed by atoms with Crippen molar-refractivity contribution in [2.45, 2.75) is 38.3 Å². The van der Waals surface area contributed by atoms with Crippen LogP contribution in [0.2, 0.25) is 0 Å². The SMILES string of the molecule is COc1cccc(CC(C)Oc2c(N)ncc3c(-c4cnn(C5CCNCC5)c4)coc23)c1. The molecule has 1 saturated heterocycles. The van der Waals surface area contributed by atoms with Crippen LogP contribution >= 0.6 is 0 Å². The number of piperidine rings is 1. The molecule has 1 atom stereocenters. The normalized spacial score (nSPS) is 15.6. The third-order valence-electron chi connectivity index (χ3n) is 6.17. The summed E-state index contributed by atoms with van der Waals surface area (Å²) in [5.74, 6) is 1.61. The lowest BCUT2D eigenvalue weighted by molar-refractivity contribution is 0.223. The monoisotopic (exact) mass is 447 g/mol. The van der Waals surface area contributed by atoms with Crippen molar-refractivity contribution < 1.29 is 13.9 Å². The van der Waals surface area contributed by atoms with Gasteiger partial charge in [-0.1, -0.05) is 12.1 Å². The predicted octanol–water partition coefficient (Wildman–Crippen LogP) is 4.22. The van der Waals surface area contributed by atoms with Crippen molar-refractivity contribution in [1.82, 2.24) is 20.1 Å². The van der Waals surface area contributed by atoms with Gasteiger partial charge in [0.2, 0.25) is 5.75 Å². The molecule has 3 N–H and O–H groups in total. The number of fused-ring (bicyclic) bond motifs is 1. The number of ether oxygens (including phenoxy) is 2. The largest absolute Gasteiger partial charge is 0.497 e. The van der Waals surface area contributed by atoms with Crippen molar-refractivity contribution in [2.24, 2.45) is 0 Å². The van der Waals surface area contributed by atoms with Gasteiger partial charge in [-0.05, 0) is 50.6 Å². The minimum absolute atomic E-state index is 0.136. The Balaban J connectivity index is 1.39. The molecule has 0 bridgehead atoms. The van der Waals surface area contributed by atoms with E-state index in [1.165, 1.54) is 0 Å². The van der Waals surface area contributed by atoms with Crippen LogP contribution in [-0.2, 0) is 6.42 Å². The molecule has 0 saturated carbocycles. The van der Waals surface area contributed by atoms with Gasteiger partial charge in [0.15, 0.2) is 11.4 Å². The van der Waals surface area contributed by atoms with E-state index in [0.29, 0.717) is 29.6 Å². The standard InChI is InChI=1S/C25H29N5O3/c1-16(10-17-4-3-5-20(11-17)31-2)33-24-23-21(13-28-25(24)26)22(15-32-23)18-12-29-30(14-18)19-6-8-27-9-7-19/h3-5,11-16,19,27H,6-10H2,1-2H3,(H2,26,28). The van der Waals surface area contributed by atoms with E-state index in [2.05, 4.69) is 32.3 Å². The highest BCUT2D eigenvalue weighted by Gasteiger charge is 2.21. The fourth-order valence-corrected chi connectivity index (χ4v) is 4.44. The van der Waals surface area contributed by atoms with Gasteiger partial charge in [0.1, 0.15) is 18.1 Å². The second kappa shape index (κ2) is 9.15. The summed E-state index contributed by atoms with van der Waals surface area (Å²) in [5.41, 5.74) is 9.83. The van der Waals surface area contributed by atoms with Gasteiger partial charge in [-0.25, -0.2) is 4.98 Å². The van der Waals surface area contributed by atoms with Crippen molar-refractivity contribution in [2.75, 3.05) is 25.9 Å². The van der Waals surface area contributed by atoms with Crippen molar-refractivity contribution in [3.63, 3.8) is 0 Å². The maximum atomic E-state index is 6.24. The molecule has 4 aromatic rings. The Bertz CT molecular complexity index is 1240. The fraction of sp³-hybridized carbons (Fsp3) is 0.360. The molecule has 1 aliphatic heterocycles. The third-order valence-corrected chi connectivity index (χ3v) is 6.17. The van der Waals surface area contributed by atoms with E-state index in [1.807, 2.05) is 31.3 Å². The van der Waals surface area contributed by atoms with Crippen LogP contribution in [0.1, 0.15) is 31.4 Å². The van der Waals surface area contributed by atoms with E-state index >= 15 is 0 Å². The number of nitrogens with zero attached hydrogens (tertiary/aromatic N) is 3. The van der Waals surface area contributed by atoms with Crippen LogP contribution in [0.25, 0.3) is 22.1 Å². The topological polar surface area (TPSA) is 100 Å². The molecule has 5 rings (SSSR count). The summed E-state index contributed by atoms with van der Waals surface area (Å²) in [6, 6.07) is 8.38. The number of rotatable bonds is 7. The van der Waals surface area contributed by atoms with Gasteiger partial charge in [0.25, 0.3) is 0 Å². The average molecular weight is 448 g/mol. The van der Waals surface area contributed by atoms with Crippen LogP contribution in [0.4, 0.5) is 5.82 Å². The molecular formula is C25H29N5O3. The van der Waals surface area contributed by atoms with E-state index in [0.717, 1.165) is 53.8 Å². The number of nitrogen functional groups attached to an aromatic ring is 1. The summed E-state index contributed by atoms with van der Waals surface area (Å²) in [6.07, 6.45) is 10.2. The Hall–Kier alpha value is -3.52. The highest BCUT2D eigenvalue weighted by atomic mass is 16.5. The molecule has 0 aliphatic carbocycles. The maximum Gasteiger partial charge on any atom is 0.205 e. The van der Waals surface area contributed by atoms with Crippen molar-refractivity contribution in [1.29, 1.82) is 0 Å². The lowest BCUT2D eigenvalue weighted by Crippen LogP contribution is -2.29. The van der Waals surface area contributed by atoms with E-state index in [-0.39, 0.29) is 6.10 Å². The average Bonchev–Trinajstić information content (AvgIpc) is 3.49. The molecule has 1 aromatic carbocycles. The van der Waals surface area contributed by atoms with Gasteiger partial charge >= 0.3 is 0 Å².